The number of nitrogens with zero attached hydrogens (tertiary/aromatic N) is 1. The summed E-state index contributed by atoms with van der Waals surface area (Å²) in [6, 6.07) is 10.8. The molecule has 2 aromatic carbocycles. The van der Waals surface area contributed by atoms with Crippen molar-refractivity contribution in [3.05, 3.63) is 70.6 Å². The number of anilines is 1. The van der Waals surface area contributed by atoms with Crippen molar-refractivity contribution in [1.29, 1.82) is 0 Å². The van der Waals surface area contributed by atoms with Crippen LogP contribution in [0.25, 0.3) is 11.3 Å². The molecule has 122 valence electrons. The molecule has 0 radical (unpaired) electrons. The lowest BCUT2D eigenvalue weighted by Gasteiger charge is -2.03. The largest absolute Gasteiger partial charge is 0.298 e. The molecule has 3 aromatic rings. The van der Waals surface area contributed by atoms with Crippen molar-refractivity contribution in [2.75, 3.05) is 5.32 Å². The Bertz CT molecular complexity index is 875. The number of hydrogen-bond donors (Lipinski definition) is 1. The van der Waals surface area contributed by atoms with Crippen molar-refractivity contribution < 1.29 is 13.6 Å². The molecule has 0 aliphatic carbocycles. The summed E-state index contributed by atoms with van der Waals surface area (Å²) in [4.78, 5) is 16.4. The summed E-state index contributed by atoms with van der Waals surface area (Å²) in [6.45, 7) is 2.08. The minimum Gasteiger partial charge on any atom is -0.298 e. The van der Waals surface area contributed by atoms with Gasteiger partial charge < -0.3 is 0 Å². The number of halogens is 2. The van der Waals surface area contributed by atoms with Gasteiger partial charge in [0.15, 0.2) is 5.13 Å². The van der Waals surface area contributed by atoms with E-state index >= 15 is 0 Å². The van der Waals surface area contributed by atoms with Crippen LogP contribution in [0.2, 0.25) is 0 Å². The smallest absolute Gasteiger partial charge is 0.260 e. The zero-order valence-corrected chi connectivity index (χ0v) is 13.7. The van der Waals surface area contributed by atoms with Gasteiger partial charge in [0.05, 0.1) is 11.3 Å². The van der Waals surface area contributed by atoms with Crippen LogP contribution in [0.3, 0.4) is 0 Å². The van der Waals surface area contributed by atoms with Gasteiger partial charge in [-0.15, -0.1) is 11.3 Å². The Hall–Kier alpha value is -2.60. The van der Waals surface area contributed by atoms with Gasteiger partial charge in [-0.2, -0.15) is 0 Å². The van der Waals surface area contributed by atoms with Crippen LogP contribution in [-0.2, 0) is 6.42 Å². The number of carbonyl (C=O) groups is 1. The molecule has 1 N–H and O–H groups in total. The molecule has 0 spiro atoms. The molecule has 0 saturated carbocycles. The number of benzene rings is 2. The van der Waals surface area contributed by atoms with Crippen molar-refractivity contribution in [2.45, 2.75) is 13.3 Å². The Morgan fingerprint density at radius 3 is 2.58 bits per heavy atom. The third-order valence-corrected chi connectivity index (χ3v) is 4.32. The molecule has 0 aliphatic rings. The zero-order valence-electron chi connectivity index (χ0n) is 12.8. The van der Waals surface area contributed by atoms with E-state index in [-0.39, 0.29) is 5.56 Å². The van der Waals surface area contributed by atoms with Crippen molar-refractivity contribution in [2.24, 2.45) is 0 Å². The van der Waals surface area contributed by atoms with E-state index in [1.165, 1.54) is 16.9 Å². The molecule has 1 amide bonds. The van der Waals surface area contributed by atoms with E-state index in [0.717, 1.165) is 29.8 Å². The molecule has 1 aromatic heterocycles. The van der Waals surface area contributed by atoms with Crippen molar-refractivity contribution in [3.8, 4) is 11.3 Å². The minimum atomic E-state index is -0.903. The molecule has 0 saturated heterocycles. The second-order valence-electron chi connectivity index (χ2n) is 5.17. The summed E-state index contributed by atoms with van der Waals surface area (Å²) < 4.78 is 26.5. The molecule has 0 atom stereocenters. The number of rotatable bonds is 4. The van der Waals surface area contributed by atoms with Gasteiger partial charge in [0, 0.05) is 17.0 Å². The summed E-state index contributed by atoms with van der Waals surface area (Å²) in [7, 11) is 0. The first-order chi connectivity index (χ1) is 11.6. The molecule has 0 unspecified atom stereocenters. The molecule has 0 bridgehead atoms. The highest BCUT2D eigenvalue weighted by Crippen LogP contribution is 2.25. The molecule has 3 rings (SSSR count). The number of aromatic nitrogens is 1. The molecule has 0 aliphatic heterocycles. The second-order valence-corrected chi connectivity index (χ2v) is 6.02. The third-order valence-electron chi connectivity index (χ3n) is 3.56. The van der Waals surface area contributed by atoms with Gasteiger partial charge in [-0.05, 0) is 24.1 Å². The molecule has 1 heterocycles. The van der Waals surface area contributed by atoms with Crippen LogP contribution in [0.1, 0.15) is 22.8 Å². The summed E-state index contributed by atoms with van der Waals surface area (Å²) in [5.74, 6) is -2.29. The average Bonchev–Trinajstić information content (AvgIpc) is 3.03. The first kappa shape index (κ1) is 16.3. The van der Waals surface area contributed by atoms with Crippen LogP contribution in [0.4, 0.5) is 13.9 Å². The monoisotopic (exact) mass is 344 g/mol. The van der Waals surface area contributed by atoms with E-state index in [9.17, 15) is 13.6 Å². The Morgan fingerprint density at radius 2 is 1.92 bits per heavy atom. The van der Waals surface area contributed by atoms with Crippen LogP contribution in [-0.4, -0.2) is 10.9 Å². The number of hydrogen-bond acceptors (Lipinski definition) is 3. The number of carbonyl (C=O) groups excluding carboxylic acids is 1. The quantitative estimate of drug-likeness (QED) is 0.731. The topological polar surface area (TPSA) is 42.0 Å². The van der Waals surface area contributed by atoms with E-state index in [2.05, 4.69) is 17.2 Å². The molecular formula is C18H14F2N2OS. The maximum Gasteiger partial charge on any atom is 0.260 e. The first-order valence-electron chi connectivity index (χ1n) is 7.38. The SMILES string of the molecule is CCc1ccc(-c2csc(NC(=O)c3ccc(F)cc3F)n2)cc1. The summed E-state index contributed by atoms with van der Waals surface area (Å²) in [5, 5.41) is 4.71. The van der Waals surface area contributed by atoms with Crippen LogP contribution < -0.4 is 5.32 Å². The number of nitrogens with one attached hydrogen (secondary N) is 1. The summed E-state index contributed by atoms with van der Waals surface area (Å²) in [5.41, 5.74) is 2.68. The predicted octanol–water partition coefficient (Wildman–Crippen LogP) is 4.90. The van der Waals surface area contributed by atoms with E-state index in [0.29, 0.717) is 11.2 Å². The number of thiazole rings is 1. The molecular weight excluding hydrogens is 330 g/mol. The van der Waals surface area contributed by atoms with Gasteiger partial charge >= 0.3 is 0 Å². The lowest BCUT2D eigenvalue weighted by Crippen LogP contribution is -2.13. The van der Waals surface area contributed by atoms with Crippen LogP contribution in [0, 0.1) is 11.6 Å². The third kappa shape index (κ3) is 3.49. The fourth-order valence-electron chi connectivity index (χ4n) is 2.21. The summed E-state index contributed by atoms with van der Waals surface area (Å²) in [6.07, 6.45) is 0.960. The van der Waals surface area contributed by atoms with E-state index in [1.807, 2.05) is 29.6 Å². The fraction of sp³-hybridized carbons (Fsp3) is 0.111. The lowest BCUT2D eigenvalue weighted by atomic mass is 10.1. The average molecular weight is 344 g/mol. The fourth-order valence-corrected chi connectivity index (χ4v) is 2.93. The van der Waals surface area contributed by atoms with E-state index in [1.54, 1.807) is 0 Å². The maximum absolute atomic E-state index is 13.6. The zero-order chi connectivity index (χ0) is 17.1. The van der Waals surface area contributed by atoms with Crippen LogP contribution >= 0.6 is 11.3 Å². The maximum atomic E-state index is 13.6. The Kier molecular flexibility index (Phi) is 4.66. The molecule has 24 heavy (non-hydrogen) atoms. The van der Waals surface area contributed by atoms with Crippen LogP contribution in [0.5, 0.6) is 0 Å². The number of aryl methyl sites for hydroxylation is 1. The van der Waals surface area contributed by atoms with E-state index in [4.69, 9.17) is 0 Å². The Balaban J connectivity index is 1.76. The van der Waals surface area contributed by atoms with Crippen molar-refractivity contribution >= 4 is 22.4 Å². The van der Waals surface area contributed by atoms with Gasteiger partial charge in [-0.1, -0.05) is 31.2 Å². The van der Waals surface area contributed by atoms with Gasteiger partial charge in [0.1, 0.15) is 11.6 Å². The highest BCUT2D eigenvalue weighted by Gasteiger charge is 2.14. The van der Waals surface area contributed by atoms with E-state index < -0.39 is 17.5 Å². The predicted molar refractivity (Wildman–Crippen MR) is 91.2 cm³/mol. The van der Waals surface area contributed by atoms with Gasteiger partial charge in [-0.3, -0.25) is 10.1 Å². The van der Waals surface area contributed by atoms with Crippen molar-refractivity contribution in [3.63, 3.8) is 0 Å². The summed E-state index contributed by atoms with van der Waals surface area (Å²) >= 11 is 1.25. The highest BCUT2D eigenvalue weighted by atomic mass is 32.1. The first-order valence-corrected chi connectivity index (χ1v) is 8.26. The van der Waals surface area contributed by atoms with Gasteiger partial charge in [-0.25, -0.2) is 13.8 Å². The van der Waals surface area contributed by atoms with Crippen molar-refractivity contribution in [1.82, 2.24) is 4.98 Å². The minimum absolute atomic E-state index is 0.222. The Morgan fingerprint density at radius 1 is 1.17 bits per heavy atom. The second kappa shape index (κ2) is 6.88. The van der Waals surface area contributed by atoms with Crippen LogP contribution in [0.15, 0.2) is 47.8 Å². The molecule has 3 nitrogen and oxygen atoms in total. The lowest BCUT2D eigenvalue weighted by molar-refractivity contribution is 0.102. The Labute approximate surface area is 142 Å². The standard InChI is InChI=1S/C18H14F2N2OS/c1-2-11-3-5-12(6-4-11)16-10-24-18(21-16)22-17(23)14-8-7-13(19)9-15(14)20/h3-10H,2H2,1H3,(H,21,22,23). The normalized spacial score (nSPS) is 10.6. The van der Waals surface area contributed by atoms with Gasteiger partial charge in [0.2, 0.25) is 0 Å². The highest BCUT2D eigenvalue weighted by molar-refractivity contribution is 7.14. The molecule has 6 heteroatoms. The molecule has 0 fully saturated rings. The van der Waals surface area contributed by atoms with Gasteiger partial charge in [0.25, 0.3) is 5.91 Å². The number of amides is 1.